The standard InChI is InChI=1S/C15H22ClN3O2/c1-17-15(21)11-3-4-14(13(16)9-11)18(2)7-8-19-6-5-12(20)10-19/h3-4,9,12,20H,5-8,10H2,1-2H3,(H,17,21)/t12-/m0/s1. The normalized spacial score (nSPS) is 18.8. The molecule has 6 heteroatoms. The lowest BCUT2D eigenvalue weighted by Gasteiger charge is -2.24. The smallest absolute Gasteiger partial charge is 0.251 e. The van der Waals surface area contributed by atoms with Crippen LogP contribution in [0.25, 0.3) is 0 Å². The van der Waals surface area contributed by atoms with E-state index >= 15 is 0 Å². The molecular formula is C15H22ClN3O2. The summed E-state index contributed by atoms with van der Waals surface area (Å²) in [5, 5.41) is 12.7. The first-order valence-electron chi connectivity index (χ1n) is 7.14. The lowest BCUT2D eigenvalue weighted by atomic mass is 10.2. The molecule has 1 heterocycles. The van der Waals surface area contributed by atoms with Crippen LogP contribution in [0.4, 0.5) is 5.69 Å². The van der Waals surface area contributed by atoms with Crippen LogP contribution in [0.2, 0.25) is 5.02 Å². The van der Waals surface area contributed by atoms with Gasteiger partial charge in [0, 0.05) is 45.8 Å². The maximum absolute atomic E-state index is 11.6. The zero-order valence-corrected chi connectivity index (χ0v) is 13.2. The van der Waals surface area contributed by atoms with Gasteiger partial charge in [-0.25, -0.2) is 0 Å². The van der Waals surface area contributed by atoms with Crippen LogP contribution in [0.15, 0.2) is 18.2 Å². The summed E-state index contributed by atoms with van der Waals surface area (Å²) >= 11 is 6.27. The third-order valence-corrected chi connectivity index (χ3v) is 4.15. The Bertz CT molecular complexity index is 510. The molecule has 0 saturated carbocycles. The van der Waals surface area contributed by atoms with Crippen molar-refractivity contribution in [3.8, 4) is 0 Å². The van der Waals surface area contributed by atoms with Crippen LogP contribution in [0.3, 0.4) is 0 Å². The summed E-state index contributed by atoms with van der Waals surface area (Å²) in [6.07, 6.45) is 0.663. The van der Waals surface area contributed by atoms with Crippen LogP contribution in [0.1, 0.15) is 16.8 Å². The molecule has 1 aliphatic heterocycles. The Morgan fingerprint density at radius 1 is 1.57 bits per heavy atom. The van der Waals surface area contributed by atoms with Crippen molar-refractivity contribution in [1.82, 2.24) is 10.2 Å². The van der Waals surface area contributed by atoms with Gasteiger partial charge in [-0.2, -0.15) is 0 Å². The van der Waals surface area contributed by atoms with E-state index in [1.165, 1.54) is 0 Å². The highest BCUT2D eigenvalue weighted by atomic mass is 35.5. The van der Waals surface area contributed by atoms with E-state index in [2.05, 4.69) is 15.1 Å². The van der Waals surface area contributed by atoms with Gasteiger partial charge in [0.05, 0.1) is 16.8 Å². The molecule has 0 spiro atoms. The molecule has 2 N–H and O–H groups in total. The Balaban J connectivity index is 1.95. The van der Waals surface area contributed by atoms with Gasteiger partial charge in [-0.05, 0) is 24.6 Å². The van der Waals surface area contributed by atoms with Crippen molar-refractivity contribution < 1.29 is 9.90 Å². The molecule has 1 aliphatic rings. The molecule has 1 fully saturated rings. The monoisotopic (exact) mass is 311 g/mol. The summed E-state index contributed by atoms with van der Waals surface area (Å²) in [4.78, 5) is 15.9. The van der Waals surface area contributed by atoms with Crippen LogP contribution in [-0.4, -0.2) is 62.3 Å². The number of likely N-dealkylation sites (N-methyl/N-ethyl adjacent to an activating group) is 1. The summed E-state index contributed by atoms with van der Waals surface area (Å²) in [5.74, 6) is -0.142. The molecule has 1 atom stereocenters. The average molecular weight is 312 g/mol. The zero-order chi connectivity index (χ0) is 15.4. The van der Waals surface area contributed by atoms with E-state index in [1.54, 1.807) is 19.2 Å². The number of nitrogens with one attached hydrogen (secondary N) is 1. The summed E-state index contributed by atoms with van der Waals surface area (Å²) in [6, 6.07) is 5.33. The number of anilines is 1. The fourth-order valence-corrected chi connectivity index (χ4v) is 2.85. The molecule has 0 unspecified atom stereocenters. The van der Waals surface area contributed by atoms with Crippen molar-refractivity contribution in [1.29, 1.82) is 0 Å². The Morgan fingerprint density at radius 2 is 2.33 bits per heavy atom. The number of aliphatic hydroxyl groups is 1. The lowest BCUT2D eigenvalue weighted by molar-refractivity contribution is 0.0963. The first-order chi connectivity index (χ1) is 10.0. The number of rotatable bonds is 5. The molecular weight excluding hydrogens is 290 g/mol. The van der Waals surface area contributed by atoms with Gasteiger partial charge in [-0.1, -0.05) is 11.6 Å². The van der Waals surface area contributed by atoms with Crippen LogP contribution in [0, 0.1) is 0 Å². The van der Waals surface area contributed by atoms with Crippen LogP contribution in [0.5, 0.6) is 0 Å². The summed E-state index contributed by atoms with van der Waals surface area (Å²) in [7, 11) is 3.58. The molecule has 0 aliphatic carbocycles. The van der Waals surface area contributed by atoms with E-state index in [1.807, 2.05) is 13.1 Å². The van der Waals surface area contributed by atoms with E-state index < -0.39 is 0 Å². The second kappa shape index (κ2) is 7.11. The minimum Gasteiger partial charge on any atom is -0.392 e. The van der Waals surface area contributed by atoms with Crippen LogP contribution in [-0.2, 0) is 0 Å². The highest BCUT2D eigenvalue weighted by Gasteiger charge is 2.20. The van der Waals surface area contributed by atoms with Crippen LogP contribution < -0.4 is 10.2 Å². The number of carbonyl (C=O) groups is 1. The molecule has 1 aromatic carbocycles. The second-order valence-electron chi connectivity index (χ2n) is 5.41. The third-order valence-electron chi connectivity index (χ3n) is 3.85. The van der Waals surface area contributed by atoms with Gasteiger partial charge in [0.1, 0.15) is 0 Å². The number of benzene rings is 1. The SMILES string of the molecule is CNC(=O)c1ccc(N(C)CCN2CC[C@H](O)C2)c(Cl)c1. The van der Waals surface area contributed by atoms with E-state index in [-0.39, 0.29) is 12.0 Å². The van der Waals surface area contributed by atoms with Gasteiger partial charge in [0.15, 0.2) is 0 Å². The molecule has 116 valence electrons. The van der Waals surface area contributed by atoms with Crippen molar-refractivity contribution in [2.45, 2.75) is 12.5 Å². The first kappa shape index (κ1) is 16.1. The average Bonchev–Trinajstić information content (AvgIpc) is 2.89. The second-order valence-corrected chi connectivity index (χ2v) is 5.82. The quantitative estimate of drug-likeness (QED) is 0.858. The van der Waals surface area contributed by atoms with Gasteiger partial charge in [-0.3, -0.25) is 9.69 Å². The van der Waals surface area contributed by atoms with E-state index in [4.69, 9.17) is 11.6 Å². The highest BCUT2D eigenvalue weighted by Crippen LogP contribution is 2.26. The number of aliphatic hydroxyl groups excluding tert-OH is 1. The Hall–Kier alpha value is -1.30. The molecule has 0 aromatic heterocycles. The number of hydrogen-bond donors (Lipinski definition) is 2. The number of carbonyl (C=O) groups excluding carboxylic acids is 1. The predicted octanol–water partition coefficient (Wildman–Crippen LogP) is 1.20. The molecule has 0 bridgehead atoms. The number of hydrogen-bond acceptors (Lipinski definition) is 4. The molecule has 1 saturated heterocycles. The lowest BCUT2D eigenvalue weighted by Crippen LogP contribution is -2.32. The number of β-amino-alcohol motifs (C(OH)–C–C–N with tert-alkyl or cyclic N) is 1. The van der Waals surface area contributed by atoms with Gasteiger partial charge in [0.2, 0.25) is 0 Å². The topological polar surface area (TPSA) is 55.8 Å². The Kier molecular flexibility index (Phi) is 5.45. The zero-order valence-electron chi connectivity index (χ0n) is 12.5. The van der Waals surface area contributed by atoms with E-state index in [0.29, 0.717) is 10.6 Å². The van der Waals surface area contributed by atoms with Crippen molar-refractivity contribution in [2.75, 3.05) is 45.2 Å². The van der Waals surface area contributed by atoms with Crippen LogP contribution >= 0.6 is 11.6 Å². The van der Waals surface area contributed by atoms with Gasteiger partial charge < -0.3 is 15.3 Å². The Labute approximate surface area is 130 Å². The molecule has 1 aromatic rings. The van der Waals surface area contributed by atoms with Crippen molar-refractivity contribution in [3.05, 3.63) is 28.8 Å². The molecule has 0 radical (unpaired) electrons. The van der Waals surface area contributed by atoms with Gasteiger partial charge in [-0.15, -0.1) is 0 Å². The summed E-state index contributed by atoms with van der Waals surface area (Å²) in [5.41, 5.74) is 1.46. The predicted molar refractivity (Wildman–Crippen MR) is 85.2 cm³/mol. The minimum atomic E-state index is -0.189. The fraction of sp³-hybridized carbons (Fsp3) is 0.533. The maximum atomic E-state index is 11.6. The fourth-order valence-electron chi connectivity index (χ4n) is 2.53. The number of amides is 1. The Morgan fingerprint density at radius 3 is 2.90 bits per heavy atom. The largest absolute Gasteiger partial charge is 0.392 e. The number of nitrogens with zero attached hydrogens (tertiary/aromatic N) is 2. The first-order valence-corrected chi connectivity index (χ1v) is 7.52. The third kappa shape index (κ3) is 4.09. The maximum Gasteiger partial charge on any atom is 0.251 e. The summed E-state index contributed by atoms with van der Waals surface area (Å²) < 4.78 is 0. The number of halogens is 1. The molecule has 1 amide bonds. The summed E-state index contributed by atoms with van der Waals surface area (Å²) in [6.45, 7) is 3.41. The van der Waals surface area contributed by atoms with Gasteiger partial charge >= 0.3 is 0 Å². The molecule has 2 rings (SSSR count). The van der Waals surface area contributed by atoms with Crippen molar-refractivity contribution in [3.63, 3.8) is 0 Å². The molecule has 5 nitrogen and oxygen atoms in total. The van der Waals surface area contributed by atoms with Crippen molar-refractivity contribution in [2.24, 2.45) is 0 Å². The number of likely N-dealkylation sites (tertiary alicyclic amines) is 1. The van der Waals surface area contributed by atoms with E-state index in [9.17, 15) is 9.90 Å². The van der Waals surface area contributed by atoms with Gasteiger partial charge in [0.25, 0.3) is 5.91 Å². The molecule has 21 heavy (non-hydrogen) atoms. The van der Waals surface area contributed by atoms with E-state index in [0.717, 1.165) is 38.3 Å². The minimum absolute atomic E-state index is 0.142. The highest BCUT2D eigenvalue weighted by molar-refractivity contribution is 6.33. The van der Waals surface area contributed by atoms with Crippen molar-refractivity contribution >= 4 is 23.2 Å².